The van der Waals surface area contributed by atoms with E-state index >= 15 is 0 Å². The Hall–Kier alpha value is -4.12. The second kappa shape index (κ2) is 9.02. The van der Waals surface area contributed by atoms with Gasteiger partial charge in [-0.3, -0.25) is 14.9 Å². The molecule has 1 aliphatic rings. The highest BCUT2D eigenvalue weighted by atomic mass is 35.5. The fourth-order valence-electron chi connectivity index (χ4n) is 4.00. The molecule has 4 aromatic rings. The number of nitro benzene ring substituents is 1. The first-order valence-electron chi connectivity index (χ1n) is 10.6. The molecule has 0 N–H and O–H groups in total. The van der Waals surface area contributed by atoms with Gasteiger partial charge in [-0.05, 0) is 17.7 Å². The topological polar surface area (TPSA) is 123 Å². The summed E-state index contributed by atoms with van der Waals surface area (Å²) in [6.45, 7) is 2.24. The normalized spacial score (nSPS) is 13.9. The Morgan fingerprint density at radius 2 is 1.82 bits per heavy atom. The van der Waals surface area contributed by atoms with Crippen LogP contribution >= 0.6 is 11.6 Å². The van der Waals surface area contributed by atoms with Crippen LogP contribution in [0.1, 0.15) is 15.9 Å². The number of piperazine rings is 1. The van der Waals surface area contributed by atoms with Gasteiger partial charge in [0.15, 0.2) is 17.0 Å². The van der Waals surface area contributed by atoms with E-state index in [1.54, 1.807) is 9.58 Å². The molecular weight excluding hydrogens is 460 g/mol. The van der Waals surface area contributed by atoms with Gasteiger partial charge >= 0.3 is 0 Å². The van der Waals surface area contributed by atoms with Crippen LogP contribution in [0.4, 0.5) is 11.5 Å². The summed E-state index contributed by atoms with van der Waals surface area (Å²) in [5.74, 6) is 0.223. The Kier molecular flexibility index (Phi) is 5.76. The molecule has 0 bridgehead atoms. The number of halogens is 1. The first-order chi connectivity index (χ1) is 16.5. The second-order valence-electron chi connectivity index (χ2n) is 7.80. The molecule has 3 heterocycles. The molecule has 34 heavy (non-hydrogen) atoms. The van der Waals surface area contributed by atoms with E-state index in [-0.39, 0.29) is 16.3 Å². The molecule has 12 heteroatoms. The van der Waals surface area contributed by atoms with Crippen molar-refractivity contribution in [2.24, 2.45) is 0 Å². The maximum atomic E-state index is 13.0. The fourth-order valence-corrected chi connectivity index (χ4v) is 4.18. The highest BCUT2D eigenvalue weighted by Crippen LogP contribution is 2.26. The lowest BCUT2D eigenvalue weighted by Crippen LogP contribution is -2.49. The number of benzene rings is 2. The molecule has 172 valence electrons. The maximum Gasteiger partial charge on any atom is 0.282 e. The smallest absolute Gasteiger partial charge is 0.282 e. The van der Waals surface area contributed by atoms with Crippen LogP contribution in [0.3, 0.4) is 0 Å². The number of rotatable bonds is 5. The third-order valence-electron chi connectivity index (χ3n) is 5.71. The van der Waals surface area contributed by atoms with Crippen LogP contribution in [-0.4, -0.2) is 66.9 Å². The lowest BCUT2D eigenvalue weighted by Gasteiger charge is -2.35. The van der Waals surface area contributed by atoms with E-state index in [9.17, 15) is 14.9 Å². The molecule has 0 radical (unpaired) electrons. The van der Waals surface area contributed by atoms with Gasteiger partial charge in [0, 0.05) is 37.3 Å². The van der Waals surface area contributed by atoms with E-state index in [1.807, 2.05) is 35.2 Å². The van der Waals surface area contributed by atoms with E-state index in [2.05, 4.69) is 20.3 Å². The Balaban J connectivity index is 1.33. The highest BCUT2D eigenvalue weighted by Gasteiger charge is 2.29. The van der Waals surface area contributed by atoms with Crippen molar-refractivity contribution in [3.05, 3.63) is 81.1 Å². The molecule has 1 saturated heterocycles. The third-order valence-corrected chi connectivity index (χ3v) is 5.94. The zero-order chi connectivity index (χ0) is 23.7. The molecule has 0 aliphatic carbocycles. The number of nitrogens with zero attached hydrogens (tertiary/aromatic N) is 8. The van der Waals surface area contributed by atoms with Crippen molar-refractivity contribution in [2.75, 3.05) is 31.1 Å². The van der Waals surface area contributed by atoms with Gasteiger partial charge < -0.3 is 9.80 Å². The predicted molar refractivity (Wildman–Crippen MR) is 125 cm³/mol. The van der Waals surface area contributed by atoms with Gasteiger partial charge in [0.25, 0.3) is 11.6 Å². The molecule has 1 aliphatic heterocycles. The highest BCUT2D eigenvalue weighted by molar-refractivity contribution is 6.31. The Morgan fingerprint density at radius 3 is 2.56 bits per heavy atom. The number of anilines is 1. The van der Waals surface area contributed by atoms with Crippen molar-refractivity contribution in [1.29, 1.82) is 0 Å². The van der Waals surface area contributed by atoms with Crippen molar-refractivity contribution in [3.63, 3.8) is 0 Å². The summed E-state index contributed by atoms with van der Waals surface area (Å²) in [6.07, 6.45) is 1.48. The minimum atomic E-state index is -0.573. The van der Waals surface area contributed by atoms with Crippen molar-refractivity contribution >= 4 is 40.2 Å². The maximum absolute atomic E-state index is 13.0. The minimum absolute atomic E-state index is 0.0146. The molecule has 0 saturated carbocycles. The second-order valence-corrected chi connectivity index (χ2v) is 8.24. The number of carbonyl (C=O) groups is 1. The van der Waals surface area contributed by atoms with Crippen molar-refractivity contribution in [2.45, 2.75) is 6.54 Å². The van der Waals surface area contributed by atoms with E-state index in [0.717, 1.165) is 5.56 Å². The standard InChI is InChI=1S/C22H19ClN8O3/c23-16-6-7-18(31(33)34)17(12-16)22(32)29-10-8-28(9-11-29)20-19-21(25-14-24-20)30(27-26-19)13-15-4-2-1-3-5-15/h1-7,12,14H,8-11,13H2. The number of hydrogen-bond acceptors (Lipinski definition) is 8. The molecule has 0 spiro atoms. The zero-order valence-corrected chi connectivity index (χ0v) is 18.7. The molecule has 0 unspecified atom stereocenters. The summed E-state index contributed by atoms with van der Waals surface area (Å²) in [5, 5.41) is 20.2. The number of fused-ring (bicyclic) bond motifs is 1. The monoisotopic (exact) mass is 478 g/mol. The summed E-state index contributed by atoms with van der Waals surface area (Å²) >= 11 is 5.99. The summed E-state index contributed by atoms with van der Waals surface area (Å²) in [5.41, 5.74) is 2.02. The van der Waals surface area contributed by atoms with Crippen molar-refractivity contribution < 1.29 is 9.72 Å². The summed E-state index contributed by atoms with van der Waals surface area (Å²) in [7, 11) is 0. The van der Waals surface area contributed by atoms with E-state index < -0.39 is 10.8 Å². The van der Waals surface area contributed by atoms with Gasteiger partial charge in [-0.2, -0.15) is 0 Å². The van der Waals surface area contributed by atoms with E-state index in [0.29, 0.717) is 49.7 Å². The lowest BCUT2D eigenvalue weighted by atomic mass is 10.1. The molecule has 2 aromatic heterocycles. The number of nitro groups is 1. The molecule has 1 amide bonds. The quantitative estimate of drug-likeness (QED) is 0.317. The third kappa shape index (κ3) is 4.13. The van der Waals surface area contributed by atoms with Gasteiger partial charge in [0.05, 0.1) is 11.5 Å². The van der Waals surface area contributed by atoms with Crippen LogP contribution in [0.2, 0.25) is 5.02 Å². The van der Waals surface area contributed by atoms with Gasteiger partial charge in [-0.1, -0.05) is 47.1 Å². The molecular formula is C22H19ClN8O3. The van der Waals surface area contributed by atoms with Gasteiger partial charge in [0.2, 0.25) is 0 Å². The Bertz CT molecular complexity index is 1370. The summed E-state index contributed by atoms with van der Waals surface area (Å²) in [6, 6.07) is 13.9. The molecule has 5 rings (SSSR count). The van der Waals surface area contributed by atoms with Crippen LogP contribution < -0.4 is 4.90 Å². The summed E-state index contributed by atoms with van der Waals surface area (Å²) < 4.78 is 1.73. The number of hydrogen-bond donors (Lipinski definition) is 0. The molecule has 1 fully saturated rings. The first-order valence-corrected chi connectivity index (χ1v) is 11.0. The van der Waals surface area contributed by atoms with Crippen molar-refractivity contribution in [1.82, 2.24) is 29.9 Å². The van der Waals surface area contributed by atoms with Crippen LogP contribution in [0.5, 0.6) is 0 Å². The Morgan fingerprint density at radius 1 is 1.06 bits per heavy atom. The average Bonchev–Trinajstić information content (AvgIpc) is 3.27. The van der Waals surface area contributed by atoms with Crippen LogP contribution in [0, 0.1) is 10.1 Å². The number of carbonyl (C=O) groups excluding carboxylic acids is 1. The van der Waals surface area contributed by atoms with Gasteiger partial charge in [0.1, 0.15) is 11.9 Å². The molecule has 11 nitrogen and oxygen atoms in total. The van der Waals surface area contributed by atoms with Crippen LogP contribution in [0.15, 0.2) is 54.9 Å². The van der Waals surface area contributed by atoms with Gasteiger partial charge in [-0.15, -0.1) is 5.10 Å². The molecule has 0 atom stereocenters. The average molecular weight is 479 g/mol. The zero-order valence-electron chi connectivity index (χ0n) is 17.9. The predicted octanol–water partition coefficient (Wildman–Crippen LogP) is 2.79. The van der Waals surface area contributed by atoms with E-state index in [1.165, 1.54) is 24.5 Å². The minimum Gasteiger partial charge on any atom is -0.351 e. The lowest BCUT2D eigenvalue weighted by molar-refractivity contribution is -0.385. The molecule has 2 aromatic carbocycles. The number of aromatic nitrogens is 5. The van der Waals surface area contributed by atoms with Gasteiger partial charge in [-0.25, -0.2) is 14.6 Å². The largest absolute Gasteiger partial charge is 0.351 e. The first kappa shape index (κ1) is 21.7. The number of amides is 1. The summed E-state index contributed by atoms with van der Waals surface area (Å²) in [4.78, 5) is 36.2. The SMILES string of the molecule is O=C(c1cc(Cl)ccc1[N+](=O)[O-])N1CCN(c2ncnc3c2nnn3Cc2ccccc2)CC1. The van der Waals surface area contributed by atoms with Crippen LogP contribution in [0.25, 0.3) is 11.2 Å². The van der Waals surface area contributed by atoms with Crippen molar-refractivity contribution in [3.8, 4) is 0 Å². The van der Waals surface area contributed by atoms with Crippen LogP contribution in [-0.2, 0) is 6.54 Å². The Labute approximate surface area is 198 Å². The van der Waals surface area contributed by atoms with E-state index in [4.69, 9.17) is 11.6 Å². The fraction of sp³-hybridized carbons (Fsp3) is 0.227.